The topological polar surface area (TPSA) is 29.1 Å². The molecule has 0 unspecified atom stereocenters. The summed E-state index contributed by atoms with van der Waals surface area (Å²) in [6, 6.07) is 0. The normalized spacial score (nSPS) is 11.5. The van der Waals surface area contributed by atoms with Crippen LogP contribution in [0, 0.1) is 0 Å². The molecule has 0 aromatic carbocycles. The van der Waals surface area contributed by atoms with Crippen molar-refractivity contribution in [1.29, 1.82) is 0 Å². The van der Waals surface area contributed by atoms with E-state index in [0.29, 0.717) is 0 Å². The number of carbonyl (C=O) groups is 1. The second kappa shape index (κ2) is 15.0. The van der Waals surface area contributed by atoms with Crippen LogP contribution < -0.4 is 5.32 Å². The number of likely N-dealkylation sites (N-methyl/N-ethyl adjacent to an activating group) is 1. The third-order valence-corrected chi connectivity index (χ3v) is 3.22. The Morgan fingerprint density at radius 3 is 2.05 bits per heavy atom. The Bertz CT molecular complexity index is 256. The summed E-state index contributed by atoms with van der Waals surface area (Å²) < 4.78 is 0. The quantitative estimate of drug-likeness (QED) is 0.307. The van der Waals surface area contributed by atoms with Gasteiger partial charge in [-0.2, -0.15) is 0 Å². The zero-order chi connectivity index (χ0) is 14.2. The number of hydrogen-bond acceptors (Lipinski definition) is 1. The minimum atomic E-state index is -0.0484. The highest BCUT2D eigenvalue weighted by molar-refractivity contribution is 5.87. The molecule has 0 aliphatic carbocycles. The lowest BCUT2D eigenvalue weighted by molar-refractivity contribution is -0.116. The van der Waals surface area contributed by atoms with Gasteiger partial charge in [0, 0.05) is 13.1 Å². The van der Waals surface area contributed by atoms with E-state index in [9.17, 15) is 4.79 Å². The molecule has 1 amide bonds. The molecule has 1 N–H and O–H groups in total. The molecule has 0 radical (unpaired) electrons. The molecule has 0 fully saturated rings. The van der Waals surface area contributed by atoms with Crippen molar-refractivity contribution in [3.05, 3.63) is 24.3 Å². The Morgan fingerprint density at radius 1 is 0.895 bits per heavy atom. The summed E-state index contributed by atoms with van der Waals surface area (Å²) in [6.07, 6.45) is 20.9. The van der Waals surface area contributed by atoms with Crippen LogP contribution in [0.3, 0.4) is 0 Å². The molecule has 0 aromatic rings. The van der Waals surface area contributed by atoms with E-state index in [2.05, 4.69) is 18.3 Å². The highest BCUT2D eigenvalue weighted by atomic mass is 16.1. The molecular formula is C17H31NO. The summed E-state index contributed by atoms with van der Waals surface area (Å²) in [5.41, 5.74) is 0. The lowest BCUT2D eigenvalue weighted by Crippen LogP contribution is -2.13. The molecule has 0 atom stereocenters. The van der Waals surface area contributed by atoms with Crippen LogP contribution in [0.25, 0.3) is 0 Å². The van der Waals surface area contributed by atoms with E-state index in [1.165, 1.54) is 57.8 Å². The Hall–Kier alpha value is -1.05. The third-order valence-electron chi connectivity index (χ3n) is 3.22. The monoisotopic (exact) mass is 265 g/mol. The Labute approximate surface area is 119 Å². The first-order chi connectivity index (χ1) is 9.31. The van der Waals surface area contributed by atoms with Gasteiger partial charge in [0.1, 0.15) is 0 Å². The van der Waals surface area contributed by atoms with Gasteiger partial charge in [0.2, 0.25) is 5.91 Å². The predicted octanol–water partition coefficient (Wildman–Crippen LogP) is 4.77. The van der Waals surface area contributed by atoms with Gasteiger partial charge < -0.3 is 5.32 Å². The van der Waals surface area contributed by atoms with Crippen molar-refractivity contribution < 1.29 is 4.79 Å². The molecule has 19 heavy (non-hydrogen) atoms. The number of unbranched alkanes of at least 4 members (excludes halogenated alkanes) is 9. The first-order valence-electron chi connectivity index (χ1n) is 7.86. The first-order valence-corrected chi connectivity index (χ1v) is 7.86. The standard InChI is InChI=1S/C17H31NO/c1-3-4-5-6-7-8-9-10-11-12-13-14-15-16-17(19)18-2/h13-16H,3-12H2,1-2H3,(H,18,19). The summed E-state index contributed by atoms with van der Waals surface area (Å²) >= 11 is 0. The largest absolute Gasteiger partial charge is 0.356 e. The van der Waals surface area contributed by atoms with E-state index in [0.717, 1.165) is 6.42 Å². The maximum Gasteiger partial charge on any atom is 0.243 e. The zero-order valence-electron chi connectivity index (χ0n) is 12.8. The molecule has 0 saturated heterocycles. The minimum Gasteiger partial charge on any atom is -0.356 e. The van der Waals surface area contributed by atoms with E-state index >= 15 is 0 Å². The fourth-order valence-electron chi connectivity index (χ4n) is 1.97. The minimum absolute atomic E-state index is 0.0484. The van der Waals surface area contributed by atoms with Gasteiger partial charge >= 0.3 is 0 Å². The highest BCUT2D eigenvalue weighted by Gasteiger charge is 1.91. The maximum atomic E-state index is 10.9. The van der Waals surface area contributed by atoms with Crippen LogP contribution in [-0.2, 0) is 4.79 Å². The van der Waals surface area contributed by atoms with Crippen LogP contribution in [0.15, 0.2) is 24.3 Å². The molecular weight excluding hydrogens is 234 g/mol. The van der Waals surface area contributed by atoms with Gasteiger partial charge in [-0.3, -0.25) is 4.79 Å². The molecule has 2 heteroatoms. The number of hydrogen-bond donors (Lipinski definition) is 1. The molecule has 0 spiro atoms. The van der Waals surface area contributed by atoms with Crippen molar-refractivity contribution in [3.63, 3.8) is 0 Å². The van der Waals surface area contributed by atoms with Gasteiger partial charge in [0.25, 0.3) is 0 Å². The molecule has 0 rings (SSSR count). The zero-order valence-corrected chi connectivity index (χ0v) is 12.8. The van der Waals surface area contributed by atoms with E-state index in [1.54, 1.807) is 19.2 Å². The second-order valence-electron chi connectivity index (χ2n) is 5.02. The number of nitrogens with one attached hydrogen (secondary N) is 1. The smallest absolute Gasteiger partial charge is 0.243 e. The van der Waals surface area contributed by atoms with Crippen LogP contribution in [0.5, 0.6) is 0 Å². The molecule has 0 aliphatic heterocycles. The predicted molar refractivity (Wildman–Crippen MR) is 84.2 cm³/mol. The molecule has 110 valence electrons. The Balaban J connectivity index is 3.20. The van der Waals surface area contributed by atoms with Crippen LogP contribution in [-0.4, -0.2) is 13.0 Å². The lowest BCUT2D eigenvalue weighted by atomic mass is 10.1. The van der Waals surface area contributed by atoms with Gasteiger partial charge in [0.05, 0.1) is 0 Å². The Morgan fingerprint density at radius 2 is 1.47 bits per heavy atom. The van der Waals surface area contributed by atoms with Gasteiger partial charge in [0.15, 0.2) is 0 Å². The van der Waals surface area contributed by atoms with Gasteiger partial charge in [-0.25, -0.2) is 0 Å². The van der Waals surface area contributed by atoms with Crippen molar-refractivity contribution >= 4 is 5.91 Å². The van der Waals surface area contributed by atoms with Crippen LogP contribution in [0.4, 0.5) is 0 Å². The Kier molecular flexibility index (Phi) is 14.2. The van der Waals surface area contributed by atoms with E-state index in [-0.39, 0.29) is 5.91 Å². The summed E-state index contributed by atoms with van der Waals surface area (Å²) in [4.78, 5) is 10.9. The number of rotatable bonds is 12. The maximum absolute atomic E-state index is 10.9. The van der Waals surface area contributed by atoms with Crippen molar-refractivity contribution in [2.75, 3.05) is 7.05 Å². The first kappa shape index (κ1) is 17.9. The fourth-order valence-corrected chi connectivity index (χ4v) is 1.97. The summed E-state index contributed by atoms with van der Waals surface area (Å²) in [5, 5.41) is 2.55. The molecule has 0 heterocycles. The third kappa shape index (κ3) is 14.9. The summed E-state index contributed by atoms with van der Waals surface area (Å²) in [7, 11) is 1.64. The second-order valence-corrected chi connectivity index (χ2v) is 5.02. The number of amides is 1. The van der Waals surface area contributed by atoms with Gasteiger partial charge in [-0.1, -0.05) is 76.5 Å². The van der Waals surface area contributed by atoms with Crippen molar-refractivity contribution in [2.24, 2.45) is 0 Å². The molecule has 0 aromatic heterocycles. The van der Waals surface area contributed by atoms with Gasteiger partial charge in [-0.15, -0.1) is 0 Å². The lowest BCUT2D eigenvalue weighted by Gasteiger charge is -2.00. The molecule has 2 nitrogen and oxygen atoms in total. The average Bonchev–Trinajstić information content (AvgIpc) is 2.43. The average molecular weight is 265 g/mol. The highest BCUT2D eigenvalue weighted by Crippen LogP contribution is 2.10. The van der Waals surface area contributed by atoms with Crippen molar-refractivity contribution in [2.45, 2.75) is 71.1 Å². The molecule has 0 aliphatic rings. The molecule has 0 saturated carbocycles. The SMILES string of the molecule is CCCCCCCCCCCC=CC=CC(=O)NC. The summed E-state index contributed by atoms with van der Waals surface area (Å²) in [6.45, 7) is 2.26. The summed E-state index contributed by atoms with van der Waals surface area (Å²) in [5.74, 6) is -0.0484. The number of carbonyl (C=O) groups excluding carboxylic acids is 1. The van der Waals surface area contributed by atoms with Crippen LogP contribution in [0.1, 0.15) is 71.1 Å². The van der Waals surface area contributed by atoms with Crippen molar-refractivity contribution in [3.8, 4) is 0 Å². The van der Waals surface area contributed by atoms with E-state index < -0.39 is 0 Å². The van der Waals surface area contributed by atoms with Gasteiger partial charge in [-0.05, 0) is 12.8 Å². The van der Waals surface area contributed by atoms with Crippen molar-refractivity contribution in [1.82, 2.24) is 5.32 Å². The van der Waals surface area contributed by atoms with E-state index in [1.807, 2.05) is 6.08 Å². The van der Waals surface area contributed by atoms with E-state index in [4.69, 9.17) is 0 Å². The molecule has 0 bridgehead atoms. The van der Waals surface area contributed by atoms with Crippen LogP contribution >= 0.6 is 0 Å². The van der Waals surface area contributed by atoms with Crippen LogP contribution in [0.2, 0.25) is 0 Å². The fraction of sp³-hybridized carbons (Fsp3) is 0.706. The number of allylic oxidation sites excluding steroid dienone is 3.